The van der Waals surface area contributed by atoms with Crippen LogP contribution in [-0.4, -0.2) is 16.9 Å². The zero-order chi connectivity index (χ0) is 12.2. The normalized spacial score (nSPS) is 10.8. The number of aliphatic carboxylic acids is 1. The molecule has 0 rings (SSSR count). The summed E-state index contributed by atoms with van der Waals surface area (Å²) >= 11 is 0. The molecule has 0 aromatic rings. The van der Waals surface area contributed by atoms with Crippen LogP contribution in [0.15, 0.2) is 12.2 Å². The molecule has 3 nitrogen and oxygen atoms in total. The lowest BCUT2D eigenvalue weighted by atomic mass is 10.1. The number of carbonyl (C=O) groups is 2. The summed E-state index contributed by atoms with van der Waals surface area (Å²) in [6, 6.07) is 0. The zero-order valence-electron chi connectivity index (χ0n) is 10.1. The molecule has 0 aromatic carbocycles. The summed E-state index contributed by atoms with van der Waals surface area (Å²) in [4.78, 5) is 20.8. The SMILES string of the molecule is CC(=O)C/C=C/CCCCCCCC(=O)O. The van der Waals surface area contributed by atoms with Crippen molar-refractivity contribution in [3.05, 3.63) is 12.2 Å². The van der Waals surface area contributed by atoms with E-state index in [0.29, 0.717) is 12.8 Å². The number of ketones is 1. The second kappa shape index (κ2) is 10.4. The van der Waals surface area contributed by atoms with Crippen molar-refractivity contribution in [1.82, 2.24) is 0 Å². The molecule has 0 amide bonds. The van der Waals surface area contributed by atoms with E-state index in [1.165, 1.54) is 0 Å². The molecule has 3 heteroatoms. The van der Waals surface area contributed by atoms with E-state index in [4.69, 9.17) is 5.11 Å². The number of hydrogen-bond donors (Lipinski definition) is 1. The molecular weight excluding hydrogens is 204 g/mol. The van der Waals surface area contributed by atoms with Crippen molar-refractivity contribution in [2.24, 2.45) is 0 Å². The van der Waals surface area contributed by atoms with Crippen LogP contribution < -0.4 is 0 Å². The highest BCUT2D eigenvalue weighted by Gasteiger charge is 1.95. The molecule has 92 valence electrons. The van der Waals surface area contributed by atoms with Crippen molar-refractivity contribution in [2.45, 2.75) is 58.3 Å². The van der Waals surface area contributed by atoms with Crippen LogP contribution >= 0.6 is 0 Å². The molecule has 0 fully saturated rings. The average Bonchev–Trinajstić information content (AvgIpc) is 2.20. The predicted octanol–water partition coefficient (Wildman–Crippen LogP) is 3.34. The van der Waals surface area contributed by atoms with Crippen molar-refractivity contribution in [3.63, 3.8) is 0 Å². The van der Waals surface area contributed by atoms with Gasteiger partial charge in [0.15, 0.2) is 0 Å². The topological polar surface area (TPSA) is 54.4 Å². The Bertz CT molecular complexity index is 231. The summed E-state index contributed by atoms with van der Waals surface area (Å²) in [5.41, 5.74) is 0. The van der Waals surface area contributed by atoms with E-state index in [1.807, 2.05) is 6.08 Å². The fourth-order valence-electron chi connectivity index (χ4n) is 1.44. The Morgan fingerprint density at radius 1 is 1.00 bits per heavy atom. The van der Waals surface area contributed by atoms with Gasteiger partial charge >= 0.3 is 5.97 Å². The van der Waals surface area contributed by atoms with E-state index in [1.54, 1.807) is 6.92 Å². The van der Waals surface area contributed by atoms with Gasteiger partial charge in [0.25, 0.3) is 0 Å². The predicted molar refractivity (Wildman–Crippen MR) is 64.4 cm³/mol. The van der Waals surface area contributed by atoms with E-state index >= 15 is 0 Å². The first-order valence-corrected chi connectivity index (χ1v) is 5.99. The molecule has 0 bridgehead atoms. The van der Waals surface area contributed by atoms with E-state index < -0.39 is 5.97 Å². The Labute approximate surface area is 97.5 Å². The molecule has 0 atom stereocenters. The van der Waals surface area contributed by atoms with Gasteiger partial charge in [-0.2, -0.15) is 0 Å². The maximum absolute atomic E-state index is 10.6. The Kier molecular flexibility index (Phi) is 9.67. The lowest BCUT2D eigenvalue weighted by molar-refractivity contribution is -0.137. The highest BCUT2D eigenvalue weighted by atomic mass is 16.4. The maximum atomic E-state index is 10.6. The van der Waals surface area contributed by atoms with Gasteiger partial charge in [-0.3, -0.25) is 9.59 Å². The van der Waals surface area contributed by atoms with Crippen LogP contribution in [0.1, 0.15) is 58.3 Å². The molecule has 0 saturated heterocycles. The van der Waals surface area contributed by atoms with Gasteiger partial charge in [-0.05, 0) is 26.2 Å². The monoisotopic (exact) mass is 226 g/mol. The molecule has 16 heavy (non-hydrogen) atoms. The minimum absolute atomic E-state index is 0.199. The molecule has 0 spiro atoms. The number of unbranched alkanes of at least 4 members (excludes halogenated alkanes) is 5. The third-order valence-electron chi connectivity index (χ3n) is 2.33. The molecule has 0 aliphatic rings. The molecule has 0 radical (unpaired) electrons. The minimum Gasteiger partial charge on any atom is -0.481 e. The van der Waals surface area contributed by atoms with Gasteiger partial charge in [0.1, 0.15) is 5.78 Å². The van der Waals surface area contributed by atoms with Crippen molar-refractivity contribution < 1.29 is 14.7 Å². The minimum atomic E-state index is -0.702. The maximum Gasteiger partial charge on any atom is 0.303 e. The van der Waals surface area contributed by atoms with E-state index in [-0.39, 0.29) is 5.78 Å². The fraction of sp³-hybridized carbons (Fsp3) is 0.692. The summed E-state index contributed by atoms with van der Waals surface area (Å²) in [6.07, 6.45) is 11.0. The highest BCUT2D eigenvalue weighted by Crippen LogP contribution is 2.07. The van der Waals surface area contributed by atoms with Crippen molar-refractivity contribution >= 4 is 11.8 Å². The molecule has 0 unspecified atom stereocenters. The van der Waals surface area contributed by atoms with Crippen LogP contribution in [-0.2, 0) is 9.59 Å². The van der Waals surface area contributed by atoms with Crippen LogP contribution in [0.25, 0.3) is 0 Å². The number of carboxylic acids is 1. The first-order valence-electron chi connectivity index (χ1n) is 5.99. The Morgan fingerprint density at radius 3 is 2.25 bits per heavy atom. The first-order chi connectivity index (χ1) is 7.63. The van der Waals surface area contributed by atoms with E-state index in [0.717, 1.165) is 38.5 Å². The second-order valence-electron chi connectivity index (χ2n) is 4.08. The van der Waals surface area contributed by atoms with E-state index in [9.17, 15) is 9.59 Å². The smallest absolute Gasteiger partial charge is 0.303 e. The quantitative estimate of drug-likeness (QED) is 0.459. The number of Topliss-reactive ketones (excluding diaryl/α,β-unsaturated/α-hetero) is 1. The fourth-order valence-corrected chi connectivity index (χ4v) is 1.44. The van der Waals surface area contributed by atoms with Gasteiger partial charge in [0.2, 0.25) is 0 Å². The van der Waals surface area contributed by atoms with Gasteiger partial charge in [-0.25, -0.2) is 0 Å². The summed E-state index contributed by atoms with van der Waals surface area (Å²) in [5, 5.41) is 8.42. The number of carbonyl (C=O) groups excluding carboxylic acids is 1. The van der Waals surface area contributed by atoms with Crippen LogP contribution in [0.5, 0.6) is 0 Å². The van der Waals surface area contributed by atoms with Crippen LogP contribution in [0.3, 0.4) is 0 Å². The molecule has 0 heterocycles. The third-order valence-corrected chi connectivity index (χ3v) is 2.33. The molecular formula is C13H22O3. The number of hydrogen-bond acceptors (Lipinski definition) is 2. The van der Waals surface area contributed by atoms with E-state index in [2.05, 4.69) is 6.08 Å². The van der Waals surface area contributed by atoms with Crippen molar-refractivity contribution in [2.75, 3.05) is 0 Å². The van der Waals surface area contributed by atoms with Crippen molar-refractivity contribution in [1.29, 1.82) is 0 Å². The lowest BCUT2D eigenvalue weighted by Crippen LogP contribution is -1.93. The van der Waals surface area contributed by atoms with Gasteiger partial charge < -0.3 is 5.11 Å². The third kappa shape index (κ3) is 12.9. The van der Waals surface area contributed by atoms with Gasteiger partial charge in [0, 0.05) is 12.8 Å². The molecule has 0 aromatic heterocycles. The summed E-state index contributed by atoms with van der Waals surface area (Å²) in [5.74, 6) is -0.503. The number of allylic oxidation sites excluding steroid dienone is 2. The summed E-state index contributed by atoms with van der Waals surface area (Å²) in [7, 11) is 0. The first kappa shape index (κ1) is 14.9. The van der Waals surface area contributed by atoms with Crippen LogP contribution in [0, 0.1) is 0 Å². The number of rotatable bonds is 10. The molecule has 1 N–H and O–H groups in total. The zero-order valence-corrected chi connectivity index (χ0v) is 10.1. The molecule has 0 aliphatic heterocycles. The van der Waals surface area contributed by atoms with Gasteiger partial charge in [-0.15, -0.1) is 0 Å². The lowest BCUT2D eigenvalue weighted by Gasteiger charge is -1.98. The average molecular weight is 226 g/mol. The Morgan fingerprint density at radius 2 is 1.62 bits per heavy atom. The highest BCUT2D eigenvalue weighted by molar-refractivity contribution is 5.76. The number of carboxylic acid groups (broad SMARTS) is 1. The van der Waals surface area contributed by atoms with Crippen LogP contribution in [0.4, 0.5) is 0 Å². The van der Waals surface area contributed by atoms with Crippen molar-refractivity contribution in [3.8, 4) is 0 Å². The molecule has 0 saturated carbocycles. The van der Waals surface area contributed by atoms with Crippen LogP contribution in [0.2, 0.25) is 0 Å². The van der Waals surface area contributed by atoms with Gasteiger partial charge in [-0.1, -0.05) is 31.4 Å². The second-order valence-corrected chi connectivity index (χ2v) is 4.08. The Hall–Kier alpha value is -1.12. The Balaban J connectivity index is 3.12. The molecule has 0 aliphatic carbocycles. The summed E-state index contributed by atoms with van der Waals surface area (Å²) < 4.78 is 0. The standard InChI is InChI=1S/C13H22O3/c1-12(14)10-8-6-4-2-3-5-7-9-11-13(15)16/h6,8H,2-5,7,9-11H2,1H3,(H,15,16)/b8-6+. The summed E-state index contributed by atoms with van der Waals surface area (Å²) in [6.45, 7) is 1.59. The van der Waals surface area contributed by atoms with Gasteiger partial charge in [0.05, 0.1) is 0 Å². The largest absolute Gasteiger partial charge is 0.481 e.